The lowest BCUT2D eigenvalue weighted by Gasteiger charge is -2.28. The van der Waals surface area contributed by atoms with E-state index >= 15 is 0 Å². The molecule has 1 unspecified atom stereocenters. The summed E-state index contributed by atoms with van der Waals surface area (Å²) in [4.78, 5) is 23.0. The SMILES string of the molecule is Cc1nc(-c2cc(C3=CCCN(CS(=O)[O-])C3)ccn2)[nH]c1C.O=C(O)C(F)(F)F. The molecule has 12 heteroatoms. The highest BCUT2D eigenvalue weighted by atomic mass is 32.2. The summed E-state index contributed by atoms with van der Waals surface area (Å²) in [5.41, 5.74) is 4.99. The number of aliphatic carboxylic acids is 1. The first-order chi connectivity index (χ1) is 14.0. The van der Waals surface area contributed by atoms with Gasteiger partial charge >= 0.3 is 12.1 Å². The number of carbonyl (C=O) groups is 1. The van der Waals surface area contributed by atoms with E-state index in [9.17, 15) is 21.9 Å². The number of aryl methyl sites for hydroxylation is 2. The zero-order chi connectivity index (χ0) is 22.5. The Morgan fingerprint density at radius 1 is 1.40 bits per heavy atom. The van der Waals surface area contributed by atoms with Gasteiger partial charge in [0.15, 0.2) is 5.82 Å². The highest BCUT2D eigenvalue weighted by Crippen LogP contribution is 2.24. The van der Waals surface area contributed by atoms with Gasteiger partial charge < -0.3 is 14.6 Å². The number of aromatic nitrogens is 3. The Hall–Kier alpha value is -2.57. The molecule has 1 aliphatic heterocycles. The minimum Gasteiger partial charge on any atom is -0.771 e. The molecule has 1 atom stereocenters. The van der Waals surface area contributed by atoms with Crippen LogP contribution < -0.4 is 0 Å². The first kappa shape index (κ1) is 23.7. The van der Waals surface area contributed by atoms with Gasteiger partial charge in [0.25, 0.3) is 0 Å². The normalized spacial score (nSPS) is 15.7. The highest BCUT2D eigenvalue weighted by molar-refractivity contribution is 7.79. The maximum Gasteiger partial charge on any atom is 0.490 e. The van der Waals surface area contributed by atoms with Crippen LogP contribution in [0.4, 0.5) is 13.2 Å². The molecule has 1 aliphatic rings. The second-order valence-corrected chi connectivity index (χ2v) is 7.40. The van der Waals surface area contributed by atoms with E-state index in [2.05, 4.69) is 21.0 Å². The number of carboxylic acid groups (broad SMARTS) is 1. The van der Waals surface area contributed by atoms with Crippen LogP contribution in [0.1, 0.15) is 23.4 Å². The molecule has 30 heavy (non-hydrogen) atoms. The number of nitrogens with zero attached hydrogens (tertiary/aromatic N) is 3. The van der Waals surface area contributed by atoms with Crippen LogP contribution in [0.15, 0.2) is 24.4 Å². The first-order valence-corrected chi connectivity index (χ1v) is 9.99. The van der Waals surface area contributed by atoms with E-state index in [1.165, 1.54) is 0 Å². The number of rotatable bonds is 4. The predicted octanol–water partition coefficient (Wildman–Crippen LogP) is 2.65. The second-order valence-electron chi connectivity index (χ2n) is 6.53. The number of H-pyrrole nitrogens is 1. The summed E-state index contributed by atoms with van der Waals surface area (Å²) in [6.07, 6.45) is -0.297. The highest BCUT2D eigenvalue weighted by Gasteiger charge is 2.38. The fourth-order valence-corrected chi connectivity index (χ4v) is 3.22. The number of pyridine rings is 1. The lowest BCUT2D eigenvalue weighted by Crippen LogP contribution is -2.32. The molecule has 0 saturated carbocycles. The van der Waals surface area contributed by atoms with Crippen molar-refractivity contribution < 1.29 is 31.8 Å². The van der Waals surface area contributed by atoms with E-state index in [0.29, 0.717) is 6.54 Å². The number of alkyl halides is 3. The largest absolute Gasteiger partial charge is 0.771 e. The van der Waals surface area contributed by atoms with Crippen molar-refractivity contribution in [2.75, 3.05) is 19.0 Å². The van der Waals surface area contributed by atoms with Gasteiger partial charge in [0.1, 0.15) is 5.69 Å². The molecule has 0 amide bonds. The monoisotopic (exact) mass is 445 g/mol. The Bertz CT molecular complexity index is 940. The fraction of sp³-hybridized carbons (Fsp3) is 0.389. The second kappa shape index (κ2) is 9.96. The first-order valence-electron chi connectivity index (χ1n) is 8.74. The van der Waals surface area contributed by atoms with E-state index in [0.717, 1.165) is 47.0 Å². The molecule has 0 spiro atoms. The molecule has 0 bridgehead atoms. The fourth-order valence-electron chi connectivity index (χ4n) is 2.70. The van der Waals surface area contributed by atoms with E-state index in [1.54, 1.807) is 6.20 Å². The van der Waals surface area contributed by atoms with Crippen LogP contribution in [0.25, 0.3) is 17.1 Å². The van der Waals surface area contributed by atoms with Gasteiger partial charge in [-0.05, 0) is 54.6 Å². The smallest absolute Gasteiger partial charge is 0.490 e. The van der Waals surface area contributed by atoms with Crippen molar-refractivity contribution in [2.45, 2.75) is 26.4 Å². The maximum absolute atomic E-state index is 10.9. The quantitative estimate of drug-likeness (QED) is 0.694. The van der Waals surface area contributed by atoms with Crippen LogP contribution in [0, 0.1) is 13.8 Å². The lowest BCUT2D eigenvalue weighted by atomic mass is 10.0. The molecule has 2 aromatic heterocycles. The van der Waals surface area contributed by atoms with Gasteiger partial charge in [-0.2, -0.15) is 13.2 Å². The molecule has 0 saturated heterocycles. The predicted molar refractivity (Wildman–Crippen MR) is 103 cm³/mol. The summed E-state index contributed by atoms with van der Waals surface area (Å²) in [5, 5.41) is 7.12. The van der Waals surface area contributed by atoms with Gasteiger partial charge in [0.2, 0.25) is 0 Å². The summed E-state index contributed by atoms with van der Waals surface area (Å²) >= 11 is -2.05. The van der Waals surface area contributed by atoms with Crippen LogP contribution in [0.3, 0.4) is 0 Å². The average molecular weight is 445 g/mol. The molecule has 8 nitrogen and oxygen atoms in total. The Morgan fingerprint density at radius 3 is 2.60 bits per heavy atom. The zero-order valence-electron chi connectivity index (χ0n) is 16.2. The minimum atomic E-state index is -5.08. The number of imidazole rings is 1. The summed E-state index contributed by atoms with van der Waals surface area (Å²) in [6.45, 7) is 5.35. The molecular formula is C18H20F3N4O4S-. The van der Waals surface area contributed by atoms with Crippen molar-refractivity contribution in [3.8, 4) is 11.5 Å². The Labute approximate surface area is 173 Å². The van der Waals surface area contributed by atoms with Gasteiger partial charge in [-0.15, -0.1) is 0 Å². The molecule has 0 aromatic carbocycles. The Kier molecular flexibility index (Phi) is 7.87. The minimum absolute atomic E-state index is 0.0753. The van der Waals surface area contributed by atoms with Gasteiger partial charge in [-0.1, -0.05) is 6.08 Å². The molecule has 0 aliphatic carbocycles. The number of nitrogens with one attached hydrogen (secondary N) is 1. The van der Waals surface area contributed by atoms with Crippen LogP contribution in [-0.2, 0) is 15.9 Å². The van der Waals surface area contributed by atoms with Crippen LogP contribution in [0.2, 0.25) is 0 Å². The van der Waals surface area contributed by atoms with Crippen molar-refractivity contribution >= 4 is 22.6 Å². The third kappa shape index (κ3) is 6.75. The molecule has 3 rings (SSSR count). The molecule has 2 aromatic rings. The molecule has 0 fully saturated rings. The van der Waals surface area contributed by atoms with E-state index in [-0.39, 0.29) is 5.88 Å². The average Bonchev–Trinajstić information content (AvgIpc) is 3.00. The van der Waals surface area contributed by atoms with Crippen molar-refractivity contribution in [1.29, 1.82) is 0 Å². The summed E-state index contributed by atoms with van der Waals surface area (Å²) in [6, 6.07) is 3.96. The topological polar surface area (TPSA) is 122 Å². The van der Waals surface area contributed by atoms with Crippen molar-refractivity contribution in [1.82, 2.24) is 19.9 Å². The summed E-state index contributed by atoms with van der Waals surface area (Å²) in [7, 11) is 0. The number of hydrogen-bond donors (Lipinski definition) is 2. The molecule has 2 N–H and O–H groups in total. The Morgan fingerprint density at radius 2 is 2.07 bits per heavy atom. The molecule has 0 radical (unpaired) electrons. The maximum atomic E-state index is 10.9. The van der Waals surface area contributed by atoms with Gasteiger partial charge in [-0.3, -0.25) is 14.1 Å². The van der Waals surface area contributed by atoms with Crippen LogP contribution in [-0.4, -0.2) is 64.8 Å². The molecular weight excluding hydrogens is 425 g/mol. The van der Waals surface area contributed by atoms with Gasteiger partial charge in [-0.25, -0.2) is 9.78 Å². The van der Waals surface area contributed by atoms with Crippen molar-refractivity contribution in [3.05, 3.63) is 41.4 Å². The van der Waals surface area contributed by atoms with Gasteiger partial charge in [0.05, 0.1) is 11.6 Å². The van der Waals surface area contributed by atoms with Crippen molar-refractivity contribution in [3.63, 3.8) is 0 Å². The van der Waals surface area contributed by atoms with Crippen molar-refractivity contribution in [2.24, 2.45) is 0 Å². The summed E-state index contributed by atoms with van der Waals surface area (Å²) in [5.74, 6) is -1.92. The Balaban J connectivity index is 0.000000396. The van der Waals surface area contributed by atoms with Crippen LogP contribution >= 0.6 is 0 Å². The number of aromatic amines is 1. The van der Waals surface area contributed by atoms with Gasteiger partial charge in [0, 0.05) is 25.0 Å². The standard InChI is InChI=1S/C16H20N4O2S.C2HF3O2/c1-11-12(2)19-16(18-11)15-8-13(5-6-17-15)14-4-3-7-20(9-14)10-23(21)22;3-2(4,5)1(6)7/h4-6,8H,3,7,9-10H2,1-2H3,(H,18,19)(H,21,22);(H,6,7)/p-1. The number of carboxylic acids is 1. The lowest BCUT2D eigenvalue weighted by molar-refractivity contribution is -0.192. The van der Waals surface area contributed by atoms with E-state index in [1.807, 2.05) is 30.9 Å². The molecule has 3 heterocycles. The third-order valence-electron chi connectivity index (χ3n) is 4.26. The van der Waals surface area contributed by atoms with E-state index < -0.39 is 23.2 Å². The number of halogens is 3. The third-order valence-corrected chi connectivity index (χ3v) is 4.84. The van der Waals surface area contributed by atoms with E-state index in [4.69, 9.17) is 9.90 Å². The zero-order valence-corrected chi connectivity index (χ0v) is 17.0. The summed E-state index contributed by atoms with van der Waals surface area (Å²) < 4.78 is 53.5. The molecule has 164 valence electrons. The van der Waals surface area contributed by atoms with Crippen LogP contribution in [0.5, 0.6) is 0 Å². The number of hydrogen-bond acceptors (Lipinski definition) is 6.